The fourth-order valence-electron chi connectivity index (χ4n) is 3.41. The number of halogens is 1. The van der Waals surface area contributed by atoms with Gasteiger partial charge in [-0.3, -0.25) is 0 Å². The van der Waals surface area contributed by atoms with Gasteiger partial charge in [0.05, 0.1) is 0 Å². The maximum atomic E-state index is 5.95. The zero-order chi connectivity index (χ0) is 12.8. The van der Waals surface area contributed by atoms with Crippen molar-refractivity contribution < 1.29 is 4.74 Å². The van der Waals surface area contributed by atoms with Crippen LogP contribution in [0.4, 0.5) is 0 Å². The van der Waals surface area contributed by atoms with Gasteiger partial charge in [0.15, 0.2) is 5.15 Å². The maximum Gasteiger partial charge on any atom is 0.233 e. The molecule has 4 nitrogen and oxygen atoms in total. The summed E-state index contributed by atoms with van der Waals surface area (Å²) < 4.78 is 5.95. The summed E-state index contributed by atoms with van der Waals surface area (Å²) in [6.07, 6.45) is 4.68. The van der Waals surface area contributed by atoms with E-state index in [-0.39, 0.29) is 17.2 Å². The molecule has 0 aromatic carbocycles. The van der Waals surface area contributed by atoms with Crippen molar-refractivity contribution >= 4 is 11.6 Å². The summed E-state index contributed by atoms with van der Waals surface area (Å²) in [6.45, 7) is 4.56. The van der Waals surface area contributed by atoms with Crippen LogP contribution in [-0.4, -0.2) is 27.4 Å². The van der Waals surface area contributed by atoms with Crippen LogP contribution < -0.4 is 10.1 Å². The molecule has 2 saturated heterocycles. The molecule has 98 valence electrons. The Morgan fingerprint density at radius 3 is 2.44 bits per heavy atom. The third-order valence-corrected chi connectivity index (χ3v) is 4.29. The second-order valence-electron chi connectivity index (χ2n) is 6.09. The van der Waals surface area contributed by atoms with Crippen LogP contribution in [0.2, 0.25) is 5.15 Å². The maximum absolute atomic E-state index is 5.95. The van der Waals surface area contributed by atoms with Gasteiger partial charge in [-0.15, -0.1) is 10.2 Å². The average Bonchev–Trinajstić information content (AvgIpc) is 2.51. The number of aromatic nitrogens is 2. The van der Waals surface area contributed by atoms with Crippen LogP contribution in [0.5, 0.6) is 5.88 Å². The summed E-state index contributed by atoms with van der Waals surface area (Å²) >= 11 is 5.72. The van der Waals surface area contributed by atoms with Gasteiger partial charge in [-0.25, -0.2) is 0 Å². The Morgan fingerprint density at radius 1 is 1.22 bits per heavy atom. The topological polar surface area (TPSA) is 47.0 Å². The van der Waals surface area contributed by atoms with Crippen LogP contribution in [0, 0.1) is 0 Å². The zero-order valence-electron chi connectivity index (χ0n) is 10.7. The van der Waals surface area contributed by atoms with E-state index in [4.69, 9.17) is 16.3 Å². The van der Waals surface area contributed by atoms with E-state index in [2.05, 4.69) is 29.4 Å². The van der Waals surface area contributed by atoms with E-state index in [0.717, 1.165) is 12.8 Å². The highest BCUT2D eigenvalue weighted by molar-refractivity contribution is 6.29. The lowest BCUT2D eigenvalue weighted by atomic mass is 9.86. The number of fused-ring (bicyclic) bond motifs is 2. The van der Waals surface area contributed by atoms with E-state index in [1.54, 1.807) is 12.1 Å². The van der Waals surface area contributed by atoms with Crippen molar-refractivity contribution in [1.82, 2.24) is 15.5 Å². The fraction of sp³-hybridized carbons (Fsp3) is 0.692. The third kappa shape index (κ3) is 2.31. The first-order chi connectivity index (χ1) is 8.46. The number of hydrogen-bond acceptors (Lipinski definition) is 4. The van der Waals surface area contributed by atoms with Gasteiger partial charge in [-0.05, 0) is 32.8 Å². The second-order valence-corrected chi connectivity index (χ2v) is 6.48. The third-order valence-electron chi connectivity index (χ3n) is 4.08. The highest BCUT2D eigenvalue weighted by atomic mass is 35.5. The molecule has 0 unspecified atom stereocenters. The molecule has 3 atom stereocenters. The molecule has 1 aromatic rings. The average molecular weight is 268 g/mol. The van der Waals surface area contributed by atoms with Crippen molar-refractivity contribution in [3.63, 3.8) is 0 Å². The highest BCUT2D eigenvalue weighted by Gasteiger charge is 2.49. The van der Waals surface area contributed by atoms with Gasteiger partial charge < -0.3 is 10.1 Å². The summed E-state index contributed by atoms with van der Waals surface area (Å²) in [5, 5.41) is 11.9. The standard InChI is InChI=1S/C13H18ClN3O/c1-12-5-6-13(2,17-12)8-9(7-12)18-11-4-3-10(14)15-16-11/h3-4,9,17H,5-8H2,1-2H3/t9-,12+,13-. The highest BCUT2D eigenvalue weighted by Crippen LogP contribution is 2.42. The van der Waals surface area contributed by atoms with Gasteiger partial charge >= 0.3 is 0 Å². The second kappa shape index (κ2) is 4.07. The molecule has 3 rings (SSSR count). The zero-order valence-corrected chi connectivity index (χ0v) is 11.5. The molecule has 2 bridgehead atoms. The Balaban J connectivity index is 1.72. The number of hydrogen-bond donors (Lipinski definition) is 1. The summed E-state index contributed by atoms with van der Waals surface area (Å²) in [5.74, 6) is 0.568. The van der Waals surface area contributed by atoms with Crippen LogP contribution >= 0.6 is 11.6 Å². The lowest BCUT2D eigenvalue weighted by Gasteiger charge is -2.41. The molecular formula is C13H18ClN3O. The van der Waals surface area contributed by atoms with Crippen molar-refractivity contribution in [3.8, 4) is 5.88 Å². The molecule has 0 radical (unpaired) electrons. The van der Waals surface area contributed by atoms with Crippen molar-refractivity contribution in [3.05, 3.63) is 17.3 Å². The molecule has 0 aliphatic carbocycles. The number of nitrogens with one attached hydrogen (secondary N) is 1. The normalized spacial score (nSPS) is 38.7. The van der Waals surface area contributed by atoms with Crippen molar-refractivity contribution in [2.24, 2.45) is 0 Å². The molecule has 2 aliphatic heterocycles. The fourth-order valence-corrected chi connectivity index (χ4v) is 3.51. The Hall–Kier alpha value is -0.870. The minimum Gasteiger partial charge on any atom is -0.473 e. The van der Waals surface area contributed by atoms with Crippen LogP contribution in [0.15, 0.2) is 12.1 Å². The Bertz CT molecular complexity index is 434. The molecule has 2 aliphatic rings. The minimum absolute atomic E-state index is 0.206. The van der Waals surface area contributed by atoms with Gasteiger partial charge in [-0.2, -0.15) is 0 Å². The van der Waals surface area contributed by atoms with Crippen molar-refractivity contribution in [2.75, 3.05) is 0 Å². The summed E-state index contributed by atoms with van der Waals surface area (Å²) in [7, 11) is 0. The SMILES string of the molecule is C[C@]12CC[C@](C)(C[C@H](Oc3ccc(Cl)nn3)C1)N2. The number of nitrogens with zero attached hydrogens (tertiary/aromatic N) is 2. The number of piperidine rings is 1. The first-order valence-electron chi connectivity index (χ1n) is 6.42. The summed E-state index contributed by atoms with van der Waals surface area (Å²) in [6, 6.07) is 3.49. The quantitative estimate of drug-likeness (QED) is 0.895. The summed E-state index contributed by atoms with van der Waals surface area (Å²) in [5.41, 5.74) is 0.412. The lowest BCUT2D eigenvalue weighted by molar-refractivity contribution is 0.0753. The monoisotopic (exact) mass is 267 g/mol. The van der Waals surface area contributed by atoms with Gasteiger partial charge in [-0.1, -0.05) is 11.6 Å². The van der Waals surface area contributed by atoms with E-state index >= 15 is 0 Å². The Labute approximate surface area is 112 Å². The van der Waals surface area contributed by atoms with E-state index in [0.29, 0.717) is 11.0 Å². The Kier molecular flexibility index (Phi) is 2.75. The smallest absolute Gasteiger partial charge is 0.233 e. The number of ether oxygens (including phenoxy) is 1. The number of rotatable bonds is 2. The van der Waals surface area contributed by atoms with Gasteiger partial charge in [0.2, 0.25) is 5.88 Å². The first kappa shape index (κ1) is 12.2. The first-order valence-corrected chi connectivity index (χ1v) is 6.80. The van der Waals surface area contributed by atoms with Crippen LogP contribution in [-0.2, 0) is 0 Å². The van der Waals surface area contributed by atoms with E-state index < -0.39 is 0 Å². The largest absolute Gasteiger partial charge is 0.473 e. The molecule has 0 spiro atoms. The van der Waals surface area contributed by atoms with E-state index in [1.165, 1.54) is 12.8 Å². The van der Waals surface area contributed by atoms with Crippen LogP contribution in [0.25, 0.3) is 0 Å². The van der Waals surface area contributed by atoms with Crippen LogP contribution in [0.1, 0.15) is 39.5 Å². The van der Waals surface area contributed by atoms with Crippen LogP contribution in [0.3, 0.4) is 0 Å². The molecule has 18 heavy (non-hydrogen) atoms. The molecule has 1 aromatic heterocycles. The van der Waals surface area contributed by atoms with Gasteiger partial charge in [0.25, 0.3) is 0 Å². The minimum atomic E-state index is 0.206. The van der Waals surface area contributed by atoms with Gasteiger partial charge in [0, 0.05) is 30.0 Å². The van der Waals surface area contributed by atoms with Crippen molar-refractivity contribution in [1.29, 1.82) is 0 Å². The van der Waals surface area contributed by atoms with E-state index in [1.807, 2.05) is 0 Å². The predicted molar refractivity (Wildman–Crippen MR) is 69.9 cm³/mol. The summed E-state index contributed by atoms with van der Waals surface area (Å²) in [4.78, 5) is 0. The lowest BCUT2D eigenvalue weighted by Crippen LogP contribution is -2.56. The molecule has 1 N–H and O–H groups in total. The molecule has 3 heterocycles. The Morgan fingerprint density at radius 2 is 1.89 bits per heavy atom. The molecular weight excluding hydrogens is 250 g/mol. The molecule has 0 amide bonds. The molecule has 5 heteroatoms. The van der Waals surface area contributed by atoms with Gasteiger partial charge in [0.1, 0.15) is 6.10 Å². The molecule has 2 fully saturated rings. The van der Waals surface area contributed by atoms with E-state index in [9.17, 15) is 0 Å². The predicted octanol–water partition coefficient (Wildman–Crippen LogP) is 2.57. The molecule has 0 saturated carbocycles. The van der Waals surface area contributed by atoms with Crippen molar-refractivity contribution in [2.45, 2.75) is 56.7 Å².